The number of likely N-dealkylation sites (tertiary alicyclic amines) is 1. The molecule has 25 heavy (non-hydrogen) atoms. The number of nitrogens with zero attached hydrogens (tertiary/aromatic N) is 1. The Balaban J connectivity index is 0.00000312. The van der Waals surface area contributed by atoms with Crippen molar-refractivity contribution in [2.24, 2.45) is 5.73 Å². The summed E-state index contributed by atoms with van der Waals surface area (Å²) in [6, 6.07) is 3.42. The lowest BCUT2D eigenvalue weighted by molar-refractivity contribution is -0.134. The number of piperidine rings is 1. The number of halogens is 3. The molecule has 0 bridgehead atoms. The molecule has 1 aromatic carbocycles. The molecule has 1 saturated heterocycles. The summed E-state index contributed by atoms with van der Waals surface area (Å²) in [5.74, 6) is -2.15. The number of hydrogen-bond donors (Lipinski definition) is 2. The summed E-state index contributed by atoms with van der Waals surface area (Å²) in [5.41, 5.74) is 5.78. The average Bonchev–Trinajstić information content (AvgIpc) is 2.57. The van der Waals surface area contributed by atoms with Crippen LogP contribution in [-0.2, 0) is 16.0 Å². The fourth-order valence-electron chi connectivity index (χ4n) is 2.92. The van der Waals surface area contributed by atoms with Crippen LogP contribution in [0, 0.1) is 11.6 Å². The predicted molar refractivity (Wildman–Crippen MR) is 93.3 cm³/mol. The predicted octanol–water partition coefficient (Wildman–Crippen LogP) is 1.78. The number of hydrogen-bond acceptors (Lipinski definition) is 3. The van der Waals surface area contributed by atoms with E-state index >= 15 is 0 Å². The van der Waals surface area contributed by atoms with Crippen LogP contribution in [0.5, 0.6) is 0 Å². The second kappa shape index (κ2) is 10.3. The van der Waals surface area contributed by atoms with Crippen LogP contribution in [0.3, 0.4) is 0 Å². The fraction of sp³-hybridized carbons (Fsp3) is 0.529. The highest BCUT2D eigenvalue weighted by atomic mass is 35.5. The Morgan fingerprint density at radius 1 is 1.24 bits per heavy atom. The molecule has 0 aromatic heterocycles. The van der Waals surface area contributed by atoms with Crippen LogP contribution in [0.4, 0.5) is 8.78 Å². The zero-order valence-electron chi connectivity index (χ0n) is 14.0. The molecule has 1 heterocycles. The largest absolute Gasteiger partial charge is 0.354 e. The van der Waals surface area contributed by atoms with Crippen LogP contribution in [0.2, 0.25) is 0 Å². The third kappa shape index (κ3) is 6.25. The molecule has 1 atom stereocenters. The number of nitrogens with one attached hydrogen (secondary N) is 1. The van der Waals surface area contributed by atoms with Gasteiger partial charge in [0.1, 0.15) is 0 Å². The number of benzene rings is 1. The van der Waals surface area contributed by atoms with E-state index < -0.39 is 11.6 Å². The molecule has 0 spiro atoms. The van der Waals surface area contributed by atoms with Crippen LogP contribution < -0.4 is 11.1 Å². The van der Waals surface area contributed by atoms with Gasteiger partial charge in [0, 0.05) is 32.1 Å². The third-order valence-corrected chi connectivity index (χ3v) is 4.19. The number of amides is 2. The van der Waals surface area contributed by atoms with Gasteiger partial charge in [0.2, 0.25) is 11.8 Å². The van der Waals surface area contributed by atoms with Crippen LogP contribution in [0.15, 0.2) is 18.2 Å². The first kappa shape index (κ1) is 21.3. The highest BCUT2D eigenvalue weighted by Gasteiger charge is 2.27. The SMILES string of the molecule is Cl.NCCC(=O)NCC1CCCCN1C(=O)Cc1ccc(F)c(F)c1. The van der Waals surface area contributed by atoms with Crippen LogP contribution in [0.25, 0.3) is 0 Å². The first-order valence-electron chi connectivity index (χ1n) is 8.21. The number of carbonyl (C=O) groups is 2. The fourth-order valence-corrected chi connectivity index (χ4v) is 2.92. The molecular formula is C17H24ClF2N3O2. The zero-order valence-corrected chi connectivity index (χ0v) is 14.8. The molecule has 2 amide bonds. The molecule has 0 radical (unpaired) electrons. The molecule has 0 saturated carbocycles. The standard InChI is InChI=1S/C17H23F2N3O2.ClH/c18-14-5-4-12(9-15(14)19)10-17(24)22-8-2-1-3-13(22)11-21-16(23)6-7-20;/h4-5,9,13H,1-3,6-8,10-11,20H2,(H,21,23);1H. The molecule has 1 unspecified atom stereocenters. The molecule has 1 aromatic rings. The first-order chi connectivity index (χ1) is 11.5. The van der Waals surface area contributed by atoms with Crippen molar-refractivity contribution in [2.75, 3.05) is 19.6 Å². The van der Waals surface area contributed by atoms with E-state index in [0.29, 0.717) is 18.7 Å². The number of rotatable bonds is 6. The molecule has 5 nitrogen and oxygen atoms in total. The lowest BCUT2D eigenvalue weighted by atomic mass is 10.0. The zero-order chi connectivity index (χ0) is 17.5. The van der Waals surface area contributed by atoms with Crippen molar-refractivity contribution in [1.82, 2.24) is 10.2 Å². The monoisotopic (exact) mass is 375 g/mol. The summed E-state index contributed by atoms with van der Waals surface area (Å²) in [5, 5.41) is 2.80. The minimum atomic E-state index is -0.954. The highest BCUT2D eigenvalue weighted by Crippen LogP contribution is 2.18. The van der Waals surface area contributed by atoms with Gasteiger partial charge in [0.25, 0.3) is 0 Å². The Morgan fingerprint density at radius 3 is 2.68 bits per heavy atom. The molecule has 140 valence electrons. The van der Waals surface area contributed by atoms with Gasteiger partial charge >= 0.3 is 0 Å². The molecule has 8 heteroatoms. The topological polar surface area (TPSA) is 75.4 Å². The summed E-state index contributed by atoms with van der Waals surface area (Å²) in [4.78, 5) is 25.8. The van der Waals surface area contributed by atoms with Crippen molar-refractivity contribution in [3.05, 3.63) is 35.4 Å². The van der Waals surface area contributed by atoms with Gasteiger partial charge in [0.15, 0.2) is 11.6 Å². The normalized spacial score (nSPS) is 16.9. The van der Waals surface area contributed by atoms with Crippen LogP contribution in [0.1, 0.15) is 31.2 Å². The lowest BCUT2D eigenvalue weighted by Gasteiger charge is -2.36. The molecule has 3 N–H and O–H groups in total. The maximum atomic E-state index is 13.3. The number of nitrogens with two attached hydrogens (primary N) is 1. The van der Waals surface area contributed by atoms with E-state index in [9.17, 15) is 18.4 Å². The average molecular weight is 376 g/mol. The second-order valence-electron chi connectivity index (χ2n) is 6.00. The van der Waals surface area contributed by atoms with Gasteiger partial charge in [0.05, 0.1) is 6.42 Å². The van der Waals surface area contributed by atoms with Gasteiger partial charge in [-0.2, -0.15) is 0 Å². The highest BCUT2D eigenvalue weighted by molar-refractivity contribution is 5.85. The molecular weight excluding hydrogens is 352 g/mol. The lowest BCUT2D eigenvalue weighted by Crippen LogP contribution is -2.50. The Labute approximate surface area is 152 Å². The van der Waals surface area contributed by atoms with Crippen molar-refractivity contribution in [3.63, 3.8) is 0 Å². The first-order valence-corrected chi connectivity index (χ1v) is 8.21. The number of carbonyl (C=O) groups excluding carboxylic acids is 2. The maximum absolute atomic E-state index is 13.3. The minimum absolute atomic E-state index is 0. The summed E-state index contributed by atoms with van der Waals surface area (Å²) in [7, 11) is 0. The van der Waals surface area contributed by atoms with Crippen molar-refractivity contribution in [3.8, 4) is 0 Å². The van der Waals surface area contributed by atoms with Crippen molar-refractivity contribution in [1.29, 1.82) is 0 Å². The summed E-state index contributed by atoms with van der Waals surface area (Å²) < 4.78 is 26.2. The Hall–Kier alpha value is -1.73. The van der Waals surface area contributed by atoms with Gasteiger partial charge in [-0.3, -0.25) is 9.59 Å². The van der Waals surface area contributed by atoms with Crippen molar-refractivity contribution in [2.45, 2.75) is 38.1 Å². The molecule has 1 aliphatic heterocycles. The Kier molecular flexibility index (Phi) is 8.78. The second-order valence-corrected chi connectivity index (χ2v) is 6.00. The van der Waals surface area contributed by atoms with E-state index in [2.05, 4.69) is 5.32 Å². The van der Waals surface area contributed by atoms with E-state index in [-0.39, 0.29) is 49.6 Å². The molecule has 0 aliphatic carbocycles. The van der Waals surface area contributed by atoms with Crippen molar-refractivity contribution < 1.29 is 18.4 Å². The van der Waals surface area contributed by atoms with Crippen LogP contribution in [-0.4, -0.2) is 42.4 Å². The molecule has 1 fully saturated rings. The van der Waals surface area contributed by atoms with E-state index in [1.807, 2.05) is 0 Å². The van der Waals surface area contributed by atoms with Gasteiger partial charge in [-0.25, -0.2) is 8.78 Å². The smallest absolute Gasteiger partial charge is 0.227 e. The van der Waals surface area contributed by atoms with Gasteiger partial charge in [-0.1, -0.05) is 6.07 Å². The summed E-state index contributed by atoms with van der Waals surface area (Å²) in [6.45, 7) is 1.29. The Bertz CT molecular complexity index is 601. The van der Waals surface area contributed by atoms with E-state index in [1.54, 1.807) is 4.90 Å². The molecule has 2 rings (SSSR count). The third-order valence-electron chi connectivity index (χ3n) is 4.19. The van der Waals surface area contributed by atoms with Crippen LogP contribution >= 0.6 is 12.4 Å². The summed E-state index contributed by atoms with van der Waals surface area (Å²) >= 11 is 0. The molecule has 1 aliphatic rings. The van der Waals surface area contributed by atoms with E-state index in [4.69, 9.17) is 5.73 Å². The van der Waals surface area contributed by atoms with Gasteiger partial charge < -0.3 is 16.0 Å². The maximum Gasteiger partial charge on any atom is 0.227 e. The summed E-state index contributed by atoms with van der Waals surface area (Å²) in [6.07, 6.45) is 2.98. The quantitative estimate of drug-likeness (QED) is 0.795. The van der Waals surface area contributed by atoms with E-state index in [0.717, 1.165) is 31.4 Å². The van der Waals surface area contributed by atoms with Crippen molar-refractivity contribution >= 4 is 24.2 Å². The Morgan fingerprint density at radius 2 is 2.00 bits per heavy atom. The van der Waals surface area contributed by atoms with Gasteiger partial charge in [-0.05, 0) is 37.0 Å². The minimum Gasteiger partial charge on any atom is -0.354 e. The van der Waals surface area contributed by atoms with E-state index in [1.165, 1.54) is 6.07 Å². The van der Waals surface area contributed by atoms with Gasteiger partial charge in [-0.15, -0.1) is 12.4 Å².